The van der Waals surface area contributed by atoms with E-state index in [1.54, 1.807) is 12.1 Å². The van der Waals surface area contributed by atoms with Gasteiger partial charge in [-0.15, -0.1) is 10.2 Å². The van der Waals surface area contributed by atoms with Gasteiger partial charge < -0.3 is 15.2 Å². The van der Waals surface area contributed by atoms with Crippen molar-refractivity contribution in [3.63, 3.8) is 0 Å². The number of aromatic nitrogens is 3. The molecule has 1 unspecified atom stereocenters. The van der Waals surface area contributed by atoms with Gasteiger partial charge in [0.05, 0.1) is 6.54 Å². The second-order valence-electron chi connectivity index (χ2n) is 8.68. The summed E-state index contributed by atoms with van der Waals surface area (Å²) in [4.78, 5) is 12.5. The van der Waals surface area contributed by atoms with Gasteiger partial charge in [0.15, 0.2) is 5.82 Å². The van der Waals surface area contributed by atoms with Gasteiger partial charge in [0.25, 0.3) is 0 Å². The third kappa shape index (κ3) is 5.22. The molecule has 0 fully saturated rings. The number of carbonyl (C=O) groups excluding carboxylic acids is 1. The Morgan fingerprint density at radius 2 is 1.78 bits per heavy atom. The normalized spacial score (nSPS) is 14.6. The van der Waals surface area contributed by atoms with Crippen molar-refractivity contribution in [2.45, 2.75) is 52.1 Å². The summed E-state index contributed by atoms with van der Waals surface area (Å²) in [5.41, 5.74) is 2.70. The number of benzene rings is 2. The quantitative estimate of drug-likeness (QED) is 0.563. The van der Waals surface area contributed by atoms with Crippen molar-refractivity contribution >= 4 is 11.6 Å². The van der Waals surface area contributed by atoms with Crippen molar-refractivity contribution in [1.29, 1.82) is 0 Å². The SMILES string of the molecule is CC(C)C(NCC(=O)Nc1ccc(-c2nnc3n2CCCCC3)cc1)c1ccc(F)cc1. The highest BCUT2D eigenvalue weighted by Gasteiger charge is 2.18. The molecule has 3 aromatic rings. The molecule has 2 aromatic carbocycles. The van der Waals surface area contributed by atoms with Crippen LogP contribution in [0.1, 0.15) is 50.5 Å². The van der Waals surface area contributed by atoms with Crippen LogP contribution in [0.2, 0.25) is 0 Å². The number of hydrogen-bond donors (Lipinski definition) is 2. The van der Waals surface area contributed by atoms with Crippen LogP contribution < -0.4 is 10.6 Å². The zero-order chi connectivity index (χ0) is 22.5. The Labute approximate surface area is 188 Å². The molecule has 0 saturated carbocycles. The van der Waals surface area contributed by atoms with Crippen molar-refractivity contribution in [3.05, 3.63) is 65.7 Å². The van der Waals surface area contributed by atoms with Gasteiger partial charge in [-0.3, -0.25) is 4.79 Å². The molecule has 1 aliphatic rings. The molecule has 1 amide bonds. The van der Waals surface area contributed by atoms with E-state index in [4.69, 9.17) is 0 Å². The lowest BCUT2D eigenvalue weighted by Crippen LogP contribution is -2.33. The molecule has 0 radical (unpaired) electrons. The van der Waals surface area contributed by atoms with Crippen LogP contribution in [0.5, 0.6) is 0 Å². The minimum atomic E-state index is -0.264. The van der Waals surface area contributed by atoms with Crippen molar-refractivity contribution in [2.24, 2.45) is 5.92 Å². The number of fused-ring (bicyclic) bond motifs is 1. The van der Waals surface area contributed by atoms with Crippen molar-refractivity contribution < 1.29 is 9.18 Å². The summed E-state index contributed by atoms with van der Waals surface area (Å²) < 4.78 is 15.4. The molecule has 1 atom stereocenters. The number of rotatable bonds is 7. The highest BCUT2D eigenvalue weighted by molar-refractivity contribution is 5.92. The molecular formula is C25H30FN5O. The van der Waals surface area contributed by atoms with Gasteiger partial charge in [-0.25, -0.2) is 4.39 Å². The number of hydrogen-bond acceptors (Lipinski definition) is 4. The molecule has 0 spiro atoms. The maximum absolute atomic E-state index is 13.2. The lowest BCUT2D eigenvalue weighted by atomic mass is 9.96. The molecule has 32 heavy (non-hydrogen) atoms. The van der Waals surface area contributed by atoms with Gasteiger partial charge in [-0.2, -0.15) is 0 Å². The number of carbonyl (C=O) groups is 1. The van der Waals surface area contributed by atoms with Gasteiger partial charge in [0.2, 0.25) is 5.91 Å². The van der Waals surface area contributed by atoms with Gasteiger partial charge in [-0.05, 0) is 60.7 Å². The molecule has 0 bridgehead atoms. The summed E-state index contributed by atoms with van der Waals surface area (Å²) in [5.74, 6) is 1.81. The van der Waals surface area contributed by atoms with Gasteiger partial charge in [0.1, 0.15) is 11.6 Å². The van der Waals surface area contributed by atoms with E-state index in [-0.39, 0.29) is 30.2 Å². The van der Waals surface area contributed by atoms with E-state index in [2.05, 4.69) is 39.2 Å². The first-order valence-corrected chi connectivity index (χ1v) is 11.3. The van der Waals surface area contributed by atoms with E-state index < -0.39 is 0 Å². The predicted molar refractivity (Wildman–Crippen MR) is 124 cm³/mol. The second-order valence-corrected chi connectivity index (χ2v) is 8.68. The van der Waals surface area contributed by atoms with E-state index in [9.17, 15) is 9.18 Å². The Kier molecular flexibility index (Phi) is 6.95. The standard InChI is InChI=1S/C25H30FN5O/c1-17(2)24(18-7-11-20(26)12-8-18)27-16-23(32)28-21-13-9-19(10-14-21)25-30-29-22-6-4-3-5-15-31(22)25/h7-14,17,24,27H,3-6,15-16H2,1-2H3,(H,28,32). The molecule has 2 heterocycles. The number of halogens is 1. The van der Waals surface area contributed by atoms with Crippen molar-refractivity contribution in [1.82, 2.24) is 20.1 Å². The Hall–Kier alpha value is -3.06. The Morgan fingerprint density at radius 3 is 2.50 bits per heavy atom. The van der Waals surface area contributed by atoms with Crippen molar-refractivity contribution in [2.75, 3.05) is 11.9 Å². The Balaban J connectivity index is 1.37. The van der Waals surface area contributed by atoms with Gasteiger partial charge in [0, 0.05) is 30.3 Å². The van der Waals surface area contributed by atoms with E-state index >= 15 is 0 Å². The summed E-state index contributed by atoms with van der Waals surface area (Å²) in [5, 5.41) is 15.0. The van der Waals surface area contributed by atoms with Gasteiger partial charge in [-0.1, -0.05) is 32.4 Å². The first kappa shape index (κ1) is 22.1. The summed E-state index contributed by atoms with van der Waals surface area (Å²) in [7, 11) is 0. The minimum Gasteiger partial charge on any atom is -0.325 e. The molecule has 0 aliphatic carbocycles. The maximum atomic E-state index is 13.2. The number of anilines is 1. The molecule has 1 aromatic heterocycles. The first-order valence-electron chi connectivity index (χ1n) is 11.3. The smallest absolute Gasteiger partial charge is 0.238 e. The number of nitrogens with one attached hydrogen (secondary N) is 2. The number of aryl methyl sites for hydroxylation is 1. The molecular weight excluding hydrogens is 405 g/mol. The fraction of sp³-hybridized carbons (Fsp3) is 0.400. The van der Waals surface area contributed by atoms with Crippen LogP contribution in [-0.2, 0) is 17.8 Å². The van der Waals surface area contributed by atoms with E-state index in [1.165, 1.54) is 18.6 Å². The van der Waals surface area contributed by atoms with Crippen LogP contribution in [0.25, 0.3) is 11.4 Å². The van der Waals surface area contributed by atoms with Crippen LogP contribution in [0.15, 0.2) is 48.5 Å². The van der Waals surface area contributed by atoms with E-state index in [0.717, 1.165) is 54.3 Å². The summed E-state index contributed by atoms with van der Waals surface area (Å²) in [6, 6.07) is 14.1. The lowest BCUT2D eigenvalue weighted by molar-refractivity contribution is -0.115. The van der Waals surface area contributed by atoms with Crippen LogP contribution in [0.3, 0.4) is 0 Å². The monoisotopic (exact) mass is 435 g/mol. The first-order chi connectivity index (χ1) is 15.5. The molecule has 7 heteroatoms. The predicted octanol–water partition coefficient (Wildman–Crippen LogP) is 4.74. The van der Waals surface area contributed by atoms with E-state index in [0.29, 0.717) is 0 Å². The Morgan fingerprint density at radius 1 is 1.03 bits per heavy atom. The minimum absolute atomic E-state index is 0.0353. The average molecular weight is 436 g/mol. The van der Waals surface area contributed by atoms with Crippen LogP contribution in [0, 0.1) is 11.7 Å². The topological polar surface area (TPSA) is 71.8 Å². The van der Waals surface area contributed by atoms with E-state index in [1.807, 2.05) is 24.3 Å². The third-order valence-corrected chi connectivity index (χ3v) is 5.91. The second kappa shape index (κ2) is 10.0. The number of amides is 1. The van der Waals surface area contributed by atoms with Gasteiger partial charge >= 0.3 is 0 Å². The molecule has 4 rings (SSSR count). The fourth-order valence-electron chi connectivity index (χ4n) is 4.22. The summed E-state index contributed by atoms with van der Waals surface area (Å²) >= 11 is 0. The molecule has 6 nitrogen and oxygen atoms in total. The molecule has 168 valence electrons. The maximum Gasteiger partial charge on any atom is 0.238 e. The lowest BCUT2D eigenvalue weighted by Gasteiger charge is -2.23. The largest absolute Gasteiger partial charge is 0.325 e. The van der Waals surface area contributed by atoms with Crippen LogP contribution in [0.4, 0.5) is 10.1 Å². The van der Waals surface area contributed by atoms with Crippen molar-refractivity contribution in [3.8, 4) is 11.4 Å². The highest BCUT2D eigenvalue weighted by Crippen LogP contribution is 2.24. The molecule has 2 N–H and O–H groups in total. The third-order valence-electron chi connectivity index (χ3n) is 5.91. The molecule has 0 saturated heterocycles. The Bertz CT molecular complexity index is 1040. The zero-order valence-electron chi connectivity index (χ0n) is 18.6. The zero-order valence-corrected chi connectivity index (χ0v) is 18.6. The van der Waals surface area contributed by atoms with Crippen LogP contribution >= 0.6 is 0 Å². The molecule has 1 aliphatic heterocycles. The number of nitrogens with zero attached hydrogens (tertiary/aromatic N) is 3. The highest BCUT2D eigenvalue weighted by atomic mass is 19.1. The average Bonchev–Trinajstić information content (AvgIpc) is 3.03. The summed E-state index contributed by atoms with van der Waals surface area (Å²) in [6.07, 6.45) is 4.51. The fourth-order valence-corrected chi connectivity index (χ4v) is 4.22. The van der Waals surface area contributed by atoms with Crippen LogP contribution in [-0.4, -0.2) is 27.2 Å². The summed E-state index contributed by atoms with van der Waals surface area (Å²) in [6.45, 7) is 5.26.